The lowest BCUT2D eigenvalue weighted by atomic mass is 9.91. The standard InChI is InChI=1S/C24H15/c1-3-11-19-17(8-1)10-7-15-22(19)24-16-18-9-2-4-12-20(18)21-13-5-6-14-23(21)24/h1-6,8-16H. The van der Waals surface area contributed by atoms with Gasteiger partial charge in [-0.2, -0.15) is 0 Å². The van der Waals surface area contributed by atoms with Gasteiger partial charge in [0.1, 0.15) is 0 Å². The first-order chi connectivity index (χ1) is 11.9. The molecule has 0 saturated heterocycles. The smallest absolute Gasteiger partial charge is 0.00926 e. The number of rotatable bonds is 1. The SMILES string of the molecule is [c]1cc(-c2cc3ccccc3c3ccccc23)c2ccccc2c1. The minimum absolute atomic E-state index is 1.23. The Balaban J connectivity index is 1.98. The van der Waals surface area contributed by atoms with E-state index in [0.717, 1.165) is 0 Å². The Labute approximate surface area is 141 Å². The van der Waals surface area contributed by atoms with Gasteiger partial charge in [-0.05, 0) is 67.7 Å². The topological polar surface area (TPSA) is 0 Å². The molecular weight excluding hydrogens is 288 g/mol. The fraction of sp³-hybridized carbons (Fsp3) is 0. The third-order valence-electron chi connectivity index (χ3n) is 4.78. The molecule has 0 aromatic heterocycles. The van der Waals surface area contributed by atoms with Gasteiger partial charge >= 0.3 is 0 Å². The molecule has 0 heterocycles. The average Bonchev–Trinajstić information content (AvgIpc) is 2.67. The molecule has 0 fully saturated rings. The van der Waals surface area contributed by atoms with Crippen LogP contribution in [0, 0.1) is 6.07 Å². The Morgan fingerprint density at radius 1 is 0.458 bits per heavy atom. The molecule has 0 amide bonds. The van der Waals surface area contributed by atoms with E-state index in [2.05, 4.69) is 97.1 Å². The first-order valence-electron chi connectivity index (χ1n) is 8.21. The Bertz CT molecular complexity index is 1190. The number of benzene rings is 5. The van der Waals surface area contributed by atoms with E-state index >= 15 is 0 Å². The Hall–Kier alpha value is -3.12. The van der Waals surface area contributed by atoms with Crippen molar-refractivity contribution in [3.8, 4) is 11.1 Å². The lowest BCUT2D eigenvalue weighted by Crippen LogP contribution is -1.86. The summed E-state index contributed by atoms with van der Waals surface area (Å²) in [6.45, 7) is 0. The summed E-state index contributed by atoms with van der Waals surface area (Å²) in [7, 11) is 0. The number of fused-ring (bicyclic) bond motifs is 4. The highest BCUT2D eigenvalue weighted by Crippen LogP contribution is 2.37. The maximum absolute atomic E-state index is 3.32. The summed E-state index contributed by atoms with van der Waals surface area (Å²) in [6, 6.07) is 35.6. The van der Waals surface area contributed by atoms with Crippen LogP contribution >= 0.6 is 0 Å². The Kier molecular flexibility index (Phi) is 2.89. The van der Waals surface area contributed by atoms with Crippen LogP contribution in [0.3, 0.4) is 0 Å². The maximum atomic E-state index is 3.32. The lowest BCUT2D eigenvalue weighted by molar-refractivity contribution is 1.69. The number of hydrogen-bond donors (Lipinski definition) is 0. The van der Waals surface area contributed by atoms with Crippen LogP contribution in [0.2, 0.25) is 0 Å². The normalized spacial score (nSPS) is 11.3. The van der Waals surface area contributed by atoms with Crippen molar-refractivity contribution in [1.82, 2.24) is 0 Å². The summed E-state index contributed by atoms with van der Waals surface area (Å²) in [5.74, 6) is 0. The minimum atomic E-state index is 1.23. The maximum Gasteiger partial charge on any atom is -0.00926 e. The van der Waals surface area contributed by atoms with E-state index in [4.69, 9.17) is 0 Å². The molecule has 0 aliphatic carbocycles. The molecule has 0 heteroatoms. The third kappa shape index (κ3) is 1.93. The van der Waals surface area contributed by atoms with Crippen molar-refractivity contribution in [3.05, 3.63) is 97.1 Å². The van der Waals surface area contributed by atoms with Crippen molar-refractivity contribution in [3.63, 3.8) is 0 Å². The fourth-order valence-electron chi connectivity index (χ4n) is 3.66. The van der Waals surface area contributed by atoms with Crippen molar-refractivity contribution < 1.29 is 0 Å². The summed E-state index contributed by atoms with van der Waals surface area (Å²) in [5, 5.41) is 7.68. The van der Waals surface area contributed by atoms with Crippen LogP contribution in [0.1, 0.15) is 0 Å². The van der Waals surface area contributed by atoms with Crippen molar-refractivity contribution in [2.75, 3.05) is 0 Å². The lowest BCUT2D eigenvalue weighted by Gasteiger charge is -2.13. The Morgan fingerprint density at radius 2 is 1.08 bits per heavy atom. The van der Waals surface area contributed by atoms with Gasteiger partial charge in [0.25, 0.3) is 0 Å². The van der Waals surface area contributed by atoms with Crippen LogP contribution in [0.15, 0.2) is 91.0 Å². The van der Waals surface area contributed by atoms with Crippen molar-refractivity contribution >= 4 is 32.3 Å². The van der Waals surface area contributed by atoms with Gasteiger partial charge in [-0.15, -0.1) is 0 Å². The molecule has 0 saturated carbocycles. The zero-order chi connectivity index (χ0) is 15.9. The first-order valence-corrected chi connectivity index (χ1v) is 8.21. The van der Waals surface area contributed by atoms with E-state index in [1.165, 1.54) is 43.4 Å². The van der Waals surface area contributed by atoms with Crippen LogP contribution in [0.25, 0.3) is 43.4 Å². The van der Waals surface area contributed by atoms with Gasteiger partial charge in [0, 0.05) is 0 Å². The highest BCUT2D eigenvalue weighted by Gasteiger charge is 2.10. The average molecular weight is 303 g/mol. The van der Waals surface area contributed by atoms with E-state index in [0.29, 0.717) is 0 Å². The van der Waals surface area contributed by atoms with Crippen LogP contribution in [0.4, 0.5) is 0 Å². The van der Waals surface area contributed by atoms with E-state index in [9.17, 15) is 0 Å². The molecular formula is C24H15. The quantitative estimate of drug-likeness (QED) is 0.305. The van der Waals surface area contributed by atoms with Gasteiger partial charge in [-0.3, -0.25) is 0 Å². The molecule has 24 heavy (non-hydrogen) atoms. The van der Waals surface area contributed by atoms with Gasteiger partial charge < -0.3 is 0 Å². The molecule has 111 valence electrons. The zero-order valence-electron chi connectivity index (χ0n) is 13.2. The summed E-state index contributed by atoms with van der Waals surface area (Å²) in [5.41, 5.74) is 2.52. The van der Waals surface area contributed by atoms with Crippen LogP contribution in [0.5, 0.6) is 0 Å². The molecule has 0 N–H and O–H groups in total. The third-order valence-corrected chi connectivity index (χ3v) is 4.78. The fourth-order valence-corrected chi connectivity index (χ4v) is 3.66. The second-order valence-corrected chi connectivity index (χ2v) is 6.15. The van der Waals surface area contributed by atoms with Gasteiger partial charge in [0.2, 0.25) is 0 Å². The van der Waals surface area contributed by atoms with E-state index in [1.807, 2.05) is 0 Å². The molecule has 0 aliphatic heterocycles. The van der Waals surface area contributed by atoms with Crippen LogP contribution in [-0.2, 0) is 0 Å². The zero-order valence-corrected chi connectivity index (χ0v) is 13.2. The summed E-state index contributed by atoms with van der Waals surface area (Å²) < 4.78 is 0. The molecule has 0 spiro atoms. The molecule has 5 aromatic carbocycles. The van der Waals surface area contributed by atoms with Gasteiger partial charge in [-0.1, -0.05) is 72.8 Å². The van der Waals surface area contributed by atoms with Gasteiger partial charge in [0.05, 0.1) is 0 Å². The minimum Gasteiger partial charge on any atom is -0.0616 e. The molecule has 0 atom stereocenters. The number of hydrogen-bond acceptors (Lipinski definition) is 0. The molecule has 0 nitrogen and oxygen atoms in total. The van der Waals surface area contributed by atoms with Gasteiger partial charge in [-0.25, -0.2) is 0 Å². The summed E-state index contributed by atoms with van der Waals surface area (Å²) >= 11 is 0. The molecule has 0 bridgehead atoms. The summed E-state index contributed by atoms with van der Waals surface area (Å²) in [6.07, 6.45) is 0. The molecule has 0 aliphatic rings. The van der Waals surface area contributed by atoms with Crippen LogP contribution in [-0.4, -0.2) is 0 Å². The van der Waals surface area contributed by atoms with Crippen molar-refractivity contribution in [2.45, 2.75) is 0 Å². The van der Waals surface area contributed by atoms with Crippen molar-refractivity contribution in [2.24, 2.45) is 0 Å². The monoisotopic (exact) mass is 303 g/mol. The predicted octanol–water partition coefficient (Wildman–Crippen LogP) is 6.61. The van der Waals surface area contributed by atoms with Gasteiger partial charge in [0.15, 0.2) is 0 Å². The van der Waals surface area contributed by atoms with E-state index in [1.54, 1.807) is 0 Å². The Morgan fingerprint density at radius 3 is 1.92 bits per heavy atom. The highest BCUT2D eigenvalue weighted by molar-refractivity contribution is 6.16. The van der Waals surface area contributed by atoms with Crippen LogP contribution < -0.4 is 0 Å². The second kappa shape index (κ2) is 5.21. The second-order valence-electron chi connectivity index (χ2n) is 6.15. The molecule has 1 radical (unpaired) electrons. The predicted molar refractivity (Wildman–Crippen MR) is 103 cm³/mol. The van der Waals surface area contributed by atoms with E-state index < -0.39 is 0 Å². The summed E-state index contributed by atoms with van der Waals surface area (Å²) in [4.78, 5) is 0. The van der Waals surface area contributed by atoms with Crippen molar-refractivity contribution in [1.29, 1.82) is 0 Å². The largest absolute Gasteiger partial charge is 0.0616 e. The first kappa shape index (κ1) is 13.3. The molecule has 0 unspecified atom stereocenters. The molecule has 5 rings (SSSR count). The van der Waals surface area contributed by atoms with E-state index in [-0.39, 0.29) is 0 Å². The highest BCUT2D eigenvalue weighted by atomic mass is 14.1. The molecule has 5 aromatic rings.